The Balaban J connectivity index is 2.23. The van der Waals surface area contributed by atoms with Crippen LogP contribution in [-0.2, 0) is 0 Å². The van der Waals surface area contributed by atoms with E-state index < -0.39 is 0 Å². The highest BCUT2D eigenvalue weighted by molar-refractivity contribution is 4.93. The van der Waals surface area contributed by atoms with Crippen molar-refractivity contribution in [1.82, 2.24) is 4.90 Å². The molecule has 0 aliphatic heterocycles. The summed E-state index contributed by atoms with van der Waals surface area (Å²) in [6, 6.07) is 0.667. The van der Waals surface area contributed by atoms with Crippen molar-refractivity contribution in [2.75, 3.05) is 7.05 Å². The number of rotatable bonds is 5. The lowest BCUT2D eigenvalue weighted by Gasteiger charge is -2.22. The van der Waals surface area contributed by atoms with Gasteiger partial charge in [-0.05, 0) is 32.2 Å². The van der Waals surface area contributed by atoms with Crippen LogP contribution < -0.4 is 0 Å². The van der Waals surface area contributed by atoms with Gasteiger partial charge in [0.05, 0.1) is 0 Å². The fourth-order valence-corrected chi connectivity index (χ4v) is 1.92. The van der Waals surface area contributed by atoms with Crippen LogP contribution >= 0.6 is 0 Å². The molecule has 0 saturated heterocycles. The minimum atomic E-state index is -0.225. The highest BCUT2D eigenvalue weighted by Gasteiger charge is 2.40. The van der Waals surface area contributed by atoms with Crippen LogP contribution in [0.25, 0.3) is 0 Å². The molecule has 72 valence electrons. The molecule has 2 heteroatoms. The summed E-state index contributed by atoms with van der Waals surface area (Å²) in [4.78, 5) is 2.13. The third kappa shape index (κ3) is 2.20. The zero-order valence-corrected chi connectivity index (χ0v) is 8.45. The third-order valence-corrected chi connectivity index (χ3v) is 2.90. The van der Waals surface area contributed by atoms with Gasteiger partial charge in [-0.25, -0.2) is 0 Å². The van der Waals surface area contributed by atoms with Crippen molar-refractivity contribution < 1.29 is 5.11 Å². The second-order valence-electron chi connectivity index (χ2n) is 3.91. The summed E-state index contributed by atoms with van der Waals surface area (Å²) in [5, 5.41) is 9.55. The summed E-state index contributed by atoms with van der Waals surface area (Å²) in [6.07, 6.45) is 4.51. The summed E-state index contributed by atoms with van der Waals surface area (Å²) in [5.41, 5.74) is 0. The third-order valence-electron chi connectivity index (χ3n) is 2.90. The van der Waals surface area contributed by atoms with E-state index in [0.717, 1.165) is 12.3 Å². The maximum absolute atomic E-state index is 9.55. The fourth-order valence-electron chi connectivity index (χ4n) is 1.92. The van der Waals surface area contributed by atoms with Gasteiger partial charge >= 0.3 is 0 Å². The monoisotopic (exact) mass is 171 g/mol. The van der Waals surface area contributed by atoms with Gasteiger partial charge in [-0.2, -0.15) is 0 Å². The van der Waals surface area contributed by atoms with Crippen molar-refractivity contribution in [1.29, 1.82) is 0 Å². The topological polar surface area (TPSA) is 23.5 Å². The van der Waals surface area contributed by atoms with Gasteiger partial charge in [0.15, 0.2) is 0 Å². The number of nitrogens with zero attached hydrogens (tertiary/aromatic N) is 1. The molecule has 2 nitrogen and oxygen atoms in total. The van der Waals surface area contributed by atoms with Gasteiger partial charge in [0.25, 0.3) is 0 Å². The molecular weight excluding hydrogens is 150 g/mol. The molecule has 0 heterocycles. The van der Waals surface area contributed by atoms with Crippen LogP contribution in [0.2, 0.25) is 0 Å². The first-order valence-corrected chi connectivity index (χ1v) is 5.10. The van der Waals surface area contributed by atoms with E-state index in [-0.39, 0.29) is 6.23 Å². The predicted octanol–water partition coefficient (Wildman–Crippen LogP) is 1.84. The van der Waals surface area contributed by atoms with E-state index in [2.05, 4.69) is 11.8 Å². The molecule has 0 amide bonds. The van der Waals surface area contributed by atoms with Crippen LogP contribution in [0.15, 0.2) is 0 Å². The Hall–Kier alpha value is -0.0800. The van der Waals surface area contributed by atoms with Crippen LogP contribution in [0.5, 0.6) is 0 Å². The van der Waals surface area contributed by atoms with Gasteiger partial charge in [-0.3, -0.25) is 4.90 Å². The van der Waals surface area contributed by atoms with Crippen LogP contribution in [0.1, 0.15) is 39.5 Å². The average molecular weight is 171 g/mol. The van der Waals surface area contributed by atoms with Crippen LogP contribution in [0, 0.1) is 5.92 Å². The Bertz CT molecular complexity index is 138. The van der Waals surface area contributed by atoms with Gasteiger partial charge < -0.3 is 5.11 Å². The predicted molar refractivity (Wildman–Crippen MR) is 50.9 cm³/mol. The lowest BCUT2D eigenvalue weighted by Crippen LogP contribution is -2.33. The largest absolute Gasteiger partial charge is 0.378 e. The molecule has 0 aromatic heterocycles. The second-order valence-corrected chi connectivity index (χ2v) is 3.91. The first-order valence-electron chi connectivity index (χ1n) is 5.10. The summed E-state index contributed by atoms with van der Waals surface area (Å²) < 4.78 is 0. The van der Waals surface area contributed by atoms with Crippen molar-refractivity contribution in [3.8, 4) is 0 Å². The van der Waals surface area contributed by atoms with E-state index in [1.165, 1.54) is 19.3 Å². The molecule has 1 aliphatic carbocycles. The van der Waals surface area contributed by atoms with Gasteiger partial charge in [-0.1, -0.05) is 20.3 Å². The van der Waals surface area contributed by atoms with Crippen molar-refractivity contribution in [3.63, 3.8) is 0 Å². The minimum Gasteiger partial charge on any atom is -0.378 e. The second kappa shape index (κ2) is 4.24. The van der Waals surface area contributed by atoms with Crippen LogP contribution in [-0.4, -0.2) is 29.3 Å². The van der Waals surface area contributed by atoms with E-state index in [9.17, 15) is 5.11 Å². The molecule has 1 fully saturated rings. The molecule has 1 N–H and O–H groups in total. The van der Waals surface area contributed by atoms with E-state index in [0.29, 0.717) is 6.04 Å². The molecule has 0 aromatic carbocycles. The fraction of sp³-hybridized carbons (Fsp3) is 1.00. The molecule has 0 radical (unpaired) electrons. The normalized spacial score (nSPS) is 30.8. The summed E-state index contributed by atoms with van der Waals surface area (Å²) in [7, 11) is 2.04. The number of aliphatic hydroxyl groups excluding tert-OH is 1. The molecule has 3 unspecified atom stereocenters. The van der Waals surface area contributed by atoms with Crippen molar-refractivity contribution in [3.05, 3.63) is 0 Å². The Morgan fingerprint density at radius 2 is 2.17 bits per heavy atom. The number of aliphatic hydroxyl groups is 1. The zero-order chi connectivity index (χ0) is 9.14. The highest BCUT2D eigenvalue weighted by Crippen LogP contribution is 2.39. The number of hydrogen-bond donors (Lipinski definition) is 1. The van der Waals surface area contributed by atoms with Gasteiger partial charge in [0.1, 0.15) is 6.23 Å². The Labute approximate surface area is 75.6 Å². The Kier molecular flexibility index (Phi) is 3.53. The van der Waals surface area contributed by atoms with Crippen molar-refractivity contribution >= 4 is 0 Å². The Morgan fingerprint density at radius 3 is 2.67 bits per heavy atom. The van der Waals surface area contributed by atoms with E-state index in [4.69, 9.17) is 0 Å². The van der Waals surface area contributed by atoms with E-state index in [1.807, 2.05) is 14.0 Å². The average Bonchev–Trinajstić information content (AvgIpc) is 2.82. The minimum absolute atomic E-state index is 0.225. The van der Waals surface area contributed by atoms with Crippen LogP contribution in [0.4, 0.5) is 0 Å². The molecule has 1 rings (SSSR count). The highest BCUT2D eigenvalue weighted by atomic mass is 16.3. The summed E-state index contributed by atoms with van der Waals surface area (Å²) >= 11 is 0. The van der Waals surface area contributed by atoms with Gasteiger partial charge in [0.2, 0.25) is 0 Å². The van der Waals surface area contributed by atoms with Gasteiger partial charge in [-0.15, -0.1) is 0 Å². The molecule has 12 heavy (non-hydrogen) atoms. The van der Waals surface area contributed by atoms with Crippen LogP contribution in [0.3, 0.4) is 0 Å². The van der Waals surface area contributed by atoms with E-state index >= 15 is 0 Å². The molecule has 1 aliphatic rings. The summed E-state index contributed by atoms with van der Waals surface area (Å²) in [6.45, 7) is 4.25. The first-order chi connectivity index (χ1) is 5.70. The molecule has 0 bridgehead atoms. The Morgan fingerprint density at radius 1 is 1.50 bits per heavy atom. The first kappa shape index (κ1) is 10.0. The van der Waals surface area contributed by atoms with Gasteiger partial charge in [0, 0.05) is 6.04 Å². The number of hydrogen-bond acceptors (Lipinski definition) is 2. The molecular formula is C10H21NO. The molecule has 0 aromatic rings. The molecule has 0 spiro atoms. The summed E-state index contributed by atoms with van der Waals surface area (Å²) in [5.74, 6) is 0.862. The van der Waals surface area contributed by atoms with E-state index in [1.54, 1.807) is 0 Å². The quantitative estimate of drug-likeness (QED) is 0.638. The lowest BCUT2D eigenvalue weighted by molar-refractivity contribution is 0.0107. The SMILES string of the molecule is CCCC1CC1N(C)C(O)CC. The maximum atomic E-state index is 9.55. The maximum Gasteiger partial charge on any atom is 0.107 e. The smallest absolute Gasteiger partial charge is 0.107 e. The molecule has 1 saturated carbocycles. The molecule has 3 atom stereocenters. The zero-order valence-electron chi connectivity index (χ0n) is 8.45. The van der Waals surface area contributed by atoms with Crippen molar-refractivity contribution in [2.45, 2.75) is 51.8 Å². The van der Waals surface area contributed by atoms with Crippen molar-refractivity contribution in [2.24, 2.45) is 5.92 Å². The standard InChI is InChI=1S/C10H21NO/c1-4-6-8-7-9(8)11(3)10(12)5-2/h8-10,12H,4-7H2,1-3H3. The lowest BCUT2D eigenvalue weighted by atomic mass is 10.2.